The number of aromatic amines is 1. The van der Waals surface area contributed by atoms with E-state index in [2.05, 4.69) is 59.3 Å². The normalized spacial score (nSPS) is 23.0. The fourth-order valence-electron chi connectivity index (χ4n) is 5.78. The Labute approximate surface area is 199 Å². The van der Waals surface area contributed by atoms with Gasteiger partial charge in [0.05, 0.1) is 18.2 Å². The molecule has 3 aromatic carbocycles. The molecule has 3 unspecified atom stereocenters. The van der Waals surface area contributed by atoms with E-state index < -0.39 is 6.04 Å². The van der Waals surface area contributed by atoms with Gasteiger partial charge in [0.1, 0.15) is 0 Å². The van der Waals surface area contributed by atoms with Crippen molar-refractivity contribution in [1.82, 2.24) is 9.88 Å². The summed E-state index contributed by atoms with van der Waals surface area (Å²) in [4.78, 5) is 34.0. The van der Waals surface area contributed by atoms with Crippen molar-refractivity contribution in [3.8, 4) is 0 Å². The number of para-hydroxylation sites is 1. The van der Waals surface area contributed by atoms with Crippen LogP contribution in [0.5, 0.6) is 0 Å². The number of anilines is 1. The largest absolute Gasteiger partial charge is 0.357 e. The first-order valence-electron chi connectivity index (χ1n) is 11.9. The van der Waals surface area contributed by atoms with Crippen molar-refractivity contribution in [2.75, 3.05) is 11.4 Å². The Morgan fingerprint density at radius 2 is 1.68 bits per heavy atom. The number of amides is 2. The van der Waals surface area contributed by atoms with Crippen LogP contribution in [0.15, 0.2) is 78.9 Å². The minimum absolute atomic E-state index is 0.0124. The highest BCUT2D eigenvalue weighted by atomic mass is 16.2. The minimum atomic E-state index is -0.478. The second kappa shape index (κ2) is 7.96. The number of nitrogens with zero attached hydrogens (tertiary/aromatic N) is 2. The lowest BCUT2D eigenvalue weighted by atomic mass is 9.83. The number of carbonyl (C=O) groups excluding carboxylic acids is 2. The van der Waals surface area contributed by atoms with Gasteiger partial charge >= 0.3 is 0 Å². The molecule has 1 saturated heterocycles. The zero-order valence-electron chi connectivity index (χ0n) is 19.4. The summed E-state index contributed by atoms with van der Waals surface area (Å²) in [5.41, 5.74) is 6.45. The lowest BCUT2D eigenvalue weighted by Gasteiger charge is -2.40. The lowest BCUT2D eigenvalue weighted by Crippen LogP contribution is -2.47. The average Bonchev–Trinajstić information content (AvgIpc) is 3.38. The number of nitrogens with one attached hydrogen (secondary N) is 1. The van der Waals surface area contributed by atoms with E-state index >= 15 is 0 Å². The highest BCUT2D eigenvalue weighted by Gasteiger charge is 2.47. The van der Waals surface area contributed by atoms with Gasteiger partial charge in [0.15, 0.2) is 0 Å². The van der Waals surface area contributed by atoms with Crippen LogP contribution in [0.3, 0.4) is 0 Å². The Bertz CT molecular complexity index is 1410. The molecule has 1 aromatic heterocycles. The third-order valence-corrected chi connectivity index (χ3v) is 7.42. The van der Waals surface area contributed by atoms with Gasteiger partial charge in [-0.3, -0.25) is 14.5 Å². The van der Waals surface area contributed by atoms with Crippen molar-refractivity contribution in [2.45, 2.75) is 38.3 Å². The van der Waals surface area contributed by atoms with Crippen molar-refractivity contribution < 1.29 is 9.59 Å². The van der Waals surface area contributed by atoms with Crippen LogP contribution in [0.1, 0.15) is 47.7 Å². The van der Waals surface area contributed by atoms with Gasteiger partial charge in [-0.1, -0.05) is 60.7 Å². The molecule has 34 heavy (non-hydrogen) atoms. The smallest absolute Gasteiger partial charge is 0.251 e. The molecular weight excluding hydrogens is 422 g/mol. The molecule has 4 aromatic rings. The summed E-state index contributed by atoms with van der Waals surface area (Å²) in [6.07, 6.45) is 0.203. The third-order valence-electron chi connectivity index (χ3n) is 7.42. The summed E-state index contributed by atoms with van der Waals surface area (Å²) in [6.45, 7) is 4.80. The van der Waals surface area contributed by atoms with Crippen LogP contribution in [0, 0.1) is 6.92 Å². The number of carbonyl (C=O) groups is 2. The van der Waals surface area contributed by atoms with Crippen LogP contribution in [-0.2, 0) is 9.59 Å². The first-order valence-corrected chi connectivity index (χ1v) is 11.9. The van der Waals surface area contributed by atoms with E-state index in [0.717, 1.165) is 16.8 Å². The highest BCUT2D eigenvalue weighted by Crippen LogP contribution is 2.45. The van der Waals surface area contributed by atoms with E-state index in [0.29, 0.717) is 12.2 Å². The number of imide groups is 1. The van der Waals surface area contributed by atoms with Gasteiger partial charge in [-0.05, 0) is 48.7 Å². The van der Waals surface area contributed by atoms with E-state index in [1.807, 2.05) is 43.3 Å². The molecule has 0 spiro atoms. The van der Waals surface area contributed by atoms with Crippen molar-refractivity contribution >= 4 is 28.4 Å². The highest BCUT2D eigenvalue weighted by molar-refractivity contribution is 6.22. The van der Waals surface area contributed by atoms with Gasteiger partial charge in [0.25, 0.3) is 5.91 Å². The maximum Gasteiger partial charge on any atom is 0.251 e. The molecule has 2 aliphatic rings. The minimum Gasteiger partial charge on any atom is -0.357 e. The zero-order valence-corrected chi connectivity index (χ0v) is 19.4. The monoisotopic (exact) mass is 449 g/mol. The van der Waals surface area contributed by atoms with E-state index in [4.69, 9.17) is 0 Å². The first-order chi connectivity index (χ1) is 16.5. The van der Waals surface area contributed by atoms with Gasteiger partial charge in [-0.15, -0.1) is 0 Å². The quantitative estimate of drug-likeness (QED) is 0.431. The summed E-state index contributed by atoms with van der Waals surface area (Å²) < 4.78 is 0. The Morgan fingerprint density at radius 3 is 2.47 bits per heavy atom. The van der Waals surface area contributed by atoms with Crippen LogP contribution >= 0.6 is 0 Å². The maximum absolute atomic E-state index is 13.7. The molecule has 2 aliphatic heterocycles. The topological polar surface area (TPSA) is 56.4 Å². The van der Waals surface area contributed by atoms with Crippen molar-refractivity contribution in [3.05, 3.63) is 101 Å². The summed E-state index contributed by atoms with van der Waals surface area (Å²) >= 11 is 0. The lowest BCUT2D eigenvalue weighted by molar-refractivity contribution is -0.123. The fraction of sp³-hybridized carbons (Fsp3) is 0.241. The fourth-order valence-corrected chi connectivity index (χ4v) is 5.78. The van der Waals surface area contributed by atoms with Gasteiger partial charge in [-0.2, -0.15) is 0 Å². The predicted octanol–water partition coefficient (Wildman–Crippen LogP) is 5.32. The van der Waals surface area contributed by atoms with Crippen LogP contribution < -0.4 is 4.90 Å². The summed E-state index contributed by atoms with van der Waals surface area (Å²) in [6, 6.07) is 26.0. The van der Waals surface area contributed by atoms with E-state index in [-0.39, 0.29) is 30.2 Å². The molecule has 1 N–H and O–H groups in total. The summed E-state index contributed by atoms with van der Waals surface area (Å²) in [5.74, 6) is -0.153. The molecule has 5 nitrogen and oxygen atoms in total. The molecule has 3 heterocycles. The van der Waals surface area contributed by atoms with Gasteiger partial charge in [-0.25, -0.2) is 4.90 Å². The number of rotatable bonds is 3. The number of H-pyrrole nitrogens is 1. The van der Waals surface area contributed by atoms with E-state index in [1.165, 1.54) is 21.4 Å². The number of hydrogen-bond donors (Lipinski definition) is 1. The van der Waals surface area contributed by atoms with Gasteiger partial charge in [0.2, 0.25) is 5.91 Å². The van der Waals surface area contributed by atoms with Crippen LogP contribution in [0.2, 0.25) is 0 Å². The Balaban J connectivity index is 1.43. The number of hydrogen-bond acceptors (Lipinski definition) is 3. The number of aromatic nitrogens is 1. The summed E-state index contributed by atoms with van der Waals surface area (Å²) in [5, 5.41) is 1.23. The second-order valence-electron chi connectivity index (χ2n) is 9.46. The van der Waals surface area contributed by atoms with E-state index in [1.54, 1.807) is 0 Å². The molecule has 0 bridgehead atoms. The third kappa shape index (κ3) is 3.19. The Hall–Kier alpha value is -3.70. The molecule has 3 atom stereocenters. The molecule has 0 saturated carbocycles. The molecule has 1 fully saturated rings. The second-order valence-corrected chi connectivity index (χ2v) is 9.46. The molecule has 2 amide bonds. The molecule has 0 aliphatic carbocycles. The molecule has 6 rings (SSSR count). The van der Waals surface area contributed by atoms with Crippen LogP contribution in [0.4, 0.5) is 5.69 Å². The van der Waals surface area contributed by atoms with Gasteiger partial charge in [0, 0.05) is 35.1 Å². The summed E-state index contributed by atoms with van der Waals surface area (Å²) in [7, 11) is 0. The zero-order chi connectivity index (χ0) is 23.4. The SMILES string of the molecule is Cc1cccc(N2C(=O)CC(N3CC(c4ccccc4)c4c([nH]c5ccccc45)C3C)C2=O)c1. The number of benzene rings is 3. The van der Waals surface area contributed by atoms with Crippen LogP contribution in [0.25, 0.3) is 10.9 Å². The number of fused-ring (bicyclic) bond motifs is 3. The molecular formula is C29H27N3O2. The first kappa shape index (κ1) is 20.9. The van der Waals surface area contributed by atoms with Crippen molar-refractivity contribution in [2.24, 2.45) is 0 Å². The predicted molar refractivity (Wildman–Crippen MR) is 134 cm³/mol. The van der Waals surface area contributed by atoms with Crippen molar-refractivity contribution in [3.63, 3.8) is 0 Å². The molecule has 5 heteroatoms. The maximum atomic E-state index is 13.7. The average molecular weight is 450 g/mol. The number of aryl methyl sites for hydroxylation is 1. The standard InChI is InChI=1S/C29H27N3O2/c1-18-9-8-12-21(15-18)32-26(33)16-25(29(32)34)31-17-23(20-10-4-3-5-11-20)27-22-13-6-7-14-24(22)30-28(27)19(31)2/h3-15,19,23,25,30H,16-17H2,1-2H3. The van der Waals surface area contributed by atoms with E-state index in [9.17, 15) is 9.59 Å². The molecule has 0 radical (unpaired) electrons. The Morgan fingerprint density at radius 1 is 0.912 bits per heavy atom. The van der Waals surface area contributed by atoms with Crippen molar-refractivity contribution in [1.29, 1.82) is 0 Å². The van der Waals surface area contributed by atoms with Gasteiger partial charge < -0.3 is 4.98 Å². The molecule has 170 valence electrons. The van der Waals surface area contributed by atoms with Crippen LogP contribution in [-0.4, -0.2) is 34.3 Å². The Kier molecular flexibility index (Phi) is 4.89.